The van der Waals surface area contributed by atoms with E-state index in [1.807, 2.05) is 31.2 Å². The van der Waals surface area contributed by atoms with Gasteiger partial charge in [-0.1, -0.05) is 35.9 Å². The van der Waals surface area contributed by atoms with Crippen LogP contribution in [0.1, 0.15) is 16.5 Å². The van der Waals surface area contributed by atoms with E-state index in [9.17, 15) is 9.18 Å². The third kappa shape index (κ3) is 3.09. The number of hydrogen-bond donors (Lipinski definition) is 1. The molecule has 1 heterocycles. The minimum Gasteiger partial charge on any atom is -0.308 e. The predicted molar refractivity (Wildman–Crippen MR) is 88.5 cm³/mol. The Morgan fingerprint density at radius 3 is 2.68 bits per heavy atom. The van der Waals surface area contributed by atoms with Crippen LogP contribution >= 0.6 is 11.8 Å². The number of benzene rings is 2. The van der Waals surface area contributed by atoms with Crippen LogP contribution in [-0.4, -0.2) is 23.2 Å². The molecule has 1 fully saturated rings. The summed E-state index contributed by atoms with van der Waals surface area (Å²) in [5.41, 5.74) is 2.45. The number of halogens is 1. The molecule has 2 amide bonds. The van der Waals surface area contributed by atoms with Crippen molar-refractivity contribution in [2.45, 2.75) is 12.3 Å². The summed E-state index contributed by atoms with van der Waals surface area (Å²) in [5.74, 6) is 0.537. The van der Waals surface area contributed by atoms with Crippen molar-refractivity contribution in [2.24, 2.45) is 0 Å². The van der Waals surface area contributed by atoms with E-state index in [0.717, 1.165) is 17.0 Å². The first-order valence-corrected chi connectivity index (χ1v) is 8.20. The lowest BCUT2D eigenvalue weighted by Gasteiger charge is -2.24. The van der Waals surface area contributed by atoms with E-state index in [1.165, 1.54) is 6.07 Å². The number of amides is 2. The molecule has 5 heteroatoms. The van der Waals surface area contributed by atoms with Gasteiger partial charge in [-0.2, -0.15) is 0 Å². The smallest absolute Gasteiger partial charge is 0.308 e. The maximum atomic E-state index is 14.0. The van der Waals surface area contributed by atoms with Gasteiger partial charge in [0.2, 0.25) is 0 Å². The fourth-order valence-electron chi connectivity index (χ4n) is 2.44. The SMILES string of the molecule is Cc1ccc(NC(=O)N2CCSC2c2ccccc2F)cc1. The summed E-state index contributed by atoms with van der Waals surface area (Å²) in [4.78, 5) is 14.2. The molecule has 3 rings (SSSR count). The maximum Gasteiger partial charge on any atom is 0.323 e. The number of thioether (sulfide) groups is 1. The normalized spacial score (nSPS) is 17.5. The highest BCUT2D eigenvalue weighted by molar-refractivity contribution is 7.99. The van der Waals surface area contributed by atoms with Crippen LogP contribution in [0.2, 0.25) is 0 Å². The van der Waals surface area contributed by atoms with Gasteiger partial charge in [0, 0.05) is 23.5 Å². The van der Waals surface area contributed by atoms with Gasteiger partial charge < -0.3 is 10.2 Å². The molecule has 0 bridgehead atoms. The highest BCUT2D eigenvalue weighted by atomic mass is 32.2. The third-order valence-corrected chi connectivity index (χ3v) is 4.87. The van der Waals surface area contributed by atoms with Crippen molar-refractivity contribution < 1.29 is 9.18 Å². The van der Waals surface area contributed by atoms with Gasteiger partial charge in [0.25, 0.3) is 0 Å². The Balaban J connectivity index is 1.76. The van der Waals surface area contributed by atoms with Gasteiger partial charge in [-0.25, -0.2) is 9.18 Å². The number of urea groups is 1. The van der Waals surface area contributed by atoms with Crippen molar-refractivity contribution in [3.63, 3.8) is 0 Å². The number of hydrogen-bond acceptors (Lipinski definition) is 2. The predicted octanol–water partition coefficient (Wildman–Crippen LogP) is 4.41. The summed E-state index contributed by atoms with van der Waals surface area (Å²) in [6.07, 6.45) is 0. The molecule has 3 nitrogen and oxygen atoms in total. The summed E-state index contributed by atoms with van der Waals surface area (Å²) < 4.78 is 14.0. The molecule has 1 N–H and O–H groups in total. The van der Waals surface area contributed by atoms with E-state index in [-0.39, 0.29) is 17.2 Å². The first-order chi connectivity index (χ1) is 10.6. The Hall–Kier alpha value is -2.01. The van der Waals surface area contributed by atoms with Crippen molar-refractivity contribution in [3.05, 3.63) is 65.5 Å². The Bertz CT molecular complexity index is 675. The summed E-state index contributed by atoms with van der Waals surface area (Å²) in [7, 11) is 0. The van der Waals surface area contributed by atoms with Gasteiger partial charge in [-0.05, 0) is 25.1 Å². The van der Waals surface area contributed by atoms with E-state index in [1.54, 1.807) is 34.9 Å². The van der Waals surface area contributed by atoms with E-state index >= 15 is 0 Å². The van der Waals surface area contributed by atoms with Gasteiger partial charge in [-0.3, -0.25) is 0 Å². The van der Waals surface area contributed by atoms with Crippen molar-refractivity contribution in [3.8, 4) is 0 Å². The van der Waals surface area contributed by atoms with Crippen molar-refractivity contribution >= 4 is 23.5 Å². The quantitative estimate of drug-likeness (QED) is 0.890. The average molecular weight is 316 g/mol. The lowest BCUT2D eigenvalue weighted by Crippen LogP contribution is -2.34. The zero-order valence-corrected chi connectivity index (χ0v) is 13.1. The van der Waals surface area contributed by atoms with E-state index < -0.39 is 0 Å². The molecule has 22 heavy (non-hydrogen) atoms. The van der Waals surface area contributed by atoms with Gasteiger partial charge in [0.05, 0.1) is 0 Å². The van der Waals surface area contributed by atoms with Gasteiger partial charge in [-0.15, -0.1) is 11.8 Å². The monoisotopic (exact) mass is 316 g/mol. The molecular weight excluding hydrogens is 299 g/mol. The van der Waals surface area contributed by atoms with Crippen LogP contribution in [-0.2, 0) is 0 Å². The summed E-state index contributed by atoms with van der Waals surface area (Å²) >= 11 is 1.58. The van der Waals surface area contributed by atoms with Gasteiger partial charge in [0.15, 0.2) is 0 Å². The highest BCUT2D eigenvalue weighted by Gasteiger charge is 2.32. The van der Waals surface area contributed by atoms with Crippen molar-refractivity contribution in [2.75, 3.05) is 17.6 Å². The Morgan fingerprint density at radius 1 is 1.23 bits per heavy atom. The molecule has 1 saturated heterocycles. The standard InChI is InChI=1S/C17H17FN2OS/c1-12-6-8-13(9-7-12)19-17(21)20-10-11-22-16(20)14-4-2-3-5-15(14)18/h2-9,16H,10-11H2,1H3,(H,19,21). The van der Waals surface area contributed by atoms with Gasteiger partial charge in [0.1, 0.15) is 11.2 Å². The zero-order chi connectivity index (χ0) is 15.5. The molecular formula is C17H17FN2OS. The van der Waals surface area contributed by atoms with Crippen LogP contribution in [0, 0.1) is 12.7 Å². The molecule has 0 saturated carbocycles. The molecule has 0 aromatic heterocycles. The number of carbonyl (C=O) groups excluding carboxylic acids is 1. The summed E-state index contributed by atoms with van der Waals surface area (Å²) in [6, 6.07) is 14.1. The first kappa shape index (κ1) is 14.9. The second-order valence-electron chi connectivity index (χ2n) is 5.23. The Kier molecular flexibility index (Phi) is 4.34. The molecule has 1 unspecified atom stereocenters. The number of carbonyl (C=O) groups is 1. The van der Waals surface area contributed by atoms with E-state index in [4.69, 9.17) is 0 Å². The molecule has 0 aliphatic carbocycles. The van der Waals surface area contributed by atoms with Crippen LogP contribution in [0.4, 0.5) is 14.9 Å². The molecule has 1 aliphatic rings. The molecule has 114 valence electrons. The minimum atomic E-state index is -0.272. The van der Waals surface area contributed by atoms with Crippen LogP contribution < -0.4 is 5.32 Å². The zero-order valence-electron chi connectivity index (χ0n) is 12.3. The third-order valence-electron chi connectivity index (χ3n) is 3.63. The number of nitrogens with one attached hydrogen (secondary N) is 1. The average Bonchev–Trinajstić information content (AvgIpc) is 2.99. The van der Waals surface area contributed by atoms with Gasteiger partial charge >= 0.3 is 6.03 Å². The fourth-order valence-corrected chi connectivity index (χ4v) is 3.72. The van der Waals surface area contributed by atoms with Crippen LogP contribution in [0.5, 0.6) is 0 Å². The molecule has 0 radical (unpaired) electrons. The molecule has 2 aromatic carbocycles. The topological polar surface area (TPSA) is 32.3 Å². The molecule has 1 atom stereocenters. The Labute approximate surface area is 133 Å². The van der Waals surface area contributed by atoms with Crippen molar-refractivity contribution in [1.29, 1.82) is 0 Å². The molecule has 0 spiro atoms. The minimum absolute atomic E-state index is 0.192. The first-order valence-electron chi connectivity index (χ1n) is 7.15. The fraction of sp³-hybridized carbons (Fsp3) is 0.235. The van der Waals surface area contributed by atoms with Crippen LogP contribution in [0.25, 0.3) is 0 Å². The number of rotatable bonds is 2. The largest absolute Gasteiger partial charge is 0.323 e. The lowest BCUT2D eigenvalue weighted by molar-refractivity contribution is 0.213. The summed E-state index contributed by atoms with van der Waals surface area (Å²) in [5, 5.41) is 2.61. The second kappa shape index (κ2) is 6.40. The maximum absolute atomic E-state index is 14.0. The number of aryl methyl sites for hydroxylation is 1. The van der Waals surface area contributed by atoms with Crippen molar-refractivity contribution in [1.82, 2.24) is 4.90 Å². The Morgan fingerprint density at radius 2 is 1.95 bits per heavy atom. The van der Waals surface area contributed by atoms with Crippen LogP contribution in [0.3, 0.4) is 0 Å². The highest BCUT2D eigenvalue weighted by Crippen LogP contribution is 2.39. The number of anilines is 1. The lowest BCUT2D eigenvalue weighted by atomic mass is 10.2. The number of nitrogens with zero attached hydrogens (tertiary/aromatic N) is 1. The summed E-state index contributed by atoms with van der Waals surface area (Å²) in [6.45, 7) is 2.61. The van der Waals surface area contributed by atoms with Crippen LogP contribution in [0.15, 0.2) is 48.5 Å². The molecule has 1 aliphatic heterocycles. The second-order valence-corrected chi connectivity index (χ2v) is 6.42. The van der Waals surface area contributed by atoms with E-state index in [0.29, 0.717) is 12.1 Å². The van der Waals surface area contributed by atoms with E-state index in [2.05, 4.69) is 5.32 Å². The molecule has 2 aromatic rings.